The summed E-state index contributed by atoms with van der Waals surface area (Å²) in [4.78, 5) is 12.3. The van der Waals surface area contributed by atoms with Gasteiger partial charge in [0.05, 0.1) is 10.6 Å². The highest BCUT2D eigenvalue weighted by atomic mass is 32.2. The van der Waals surface area contributed by atoms with Gasteiger partial charge in [-0.3, -0.25) is 4.90 Å². The van der Waals surface area contributed by atoms with Gasteiger partial charge in [0.25, 0.3) is 0 Å². The molecule has 1 unspecified atom stereocenters. The van der Waals surface area contributed by atoms with Crippen molar-refractivity contribution >= 4 is 23.3 Å². The van der Waals surface area contributed by atoms with Gasteiger partial charge in [0.1, 0.15) is 5.82 Å². The van der Waals surface area contributed by atoms with Gasteiger partial charge in [-0.2, -0.15) is 0 Å². The first-order valence-corrected chi connectivity index (χ1v) is 8.88. The number of aromatic nitrogens is 1. The molecule has 1 saturated heterocycles. The van der Waals surface area contributed by atoms with E-state index in [2.05, 4.69) is 52.0 Å². The standard InChI is InChI=1S/C18H21N3S/c1-14(20-11-4-5-12-20)13-21-15-7-2-3-8-16(15)22-17-9-6-10-19-18(17)21/h2-3,6-10,14H,4-5,11-13H2,1H3. The second-order valence-electron chi connectivity index (χ2n) is 6.10. The van der Waals surface area contributed by atoms with Crippen molar-refractivity contribution in [3.8, 4) is 0 Å². The first-order chi connectivity index (χ1) is 10.8. The Morgan fingerprint density at radius 2 is 1.86 bits per heavy atom. The van der Waals surface area contributed by atoms with Crippen LogP contribution in [0.4, 0.5) is 11.5 Å². The molecule has 0 aliphatic carbocycles. The van der Waals surface area contributed by atoms with Crippen molar-refractivity contribution in [2.45, 2.75) is 35.6 Å². The van der Waals surface area contributed by atoms with Gasteiger partial charge in [0, 0.05) is 23.7 Å². The van der Waals surface area contributed by atoms with Crippen LogP contribution in [-0.4, -0.2) is 35.6 Å². The summed E-state index contributed by atoms with van der Waals surface area (Å²) in [6.45, 7) is 5.82. The first kappa shape index (κ1) is 14.1. The Bertz CT molecular complexity index is 621. The summed E-state index contributed by atoms with van der Waals surface area (Å²) in [6.07, 6.45) is 4.58. The predicted octanol–water partition coefficient (Wildman–Crippen LogP) is 4.17. The summed E-state index contributed by atoms with van der Waals surface area (Å²) in [7, 11) is 0. The Labute approximate surface area is 136 Å². The Morgan fingerprint density at radius 1 is 1.09 bits per heavy atom. The molecule has 2 aliphatic heterocycles. The van der Waals surface area contributed by atoms with E-state index >= 15 is 0 Å². The average Bonchev–Trinajstić information content (AvgIpc) is 3.09. The molecule has 0 radical (unpaired) electrons. The van der Waals surface area contributed by atoms with Gasteiger partial charge in [-0.1, -0.05) is 23.9 Å². The SMILES string of the molecule is CC(CN1c2ccccc2Sc2cccnc21)N1CCCC1. The largest absolute Gasteiger partial charge is 0.323 e. The average molecular weight is 311 g/mol. The number of fused-ring (bicyclic) bond motifs is 2. The maximum atomic E-state index is 4.67. The van der Waals surface area contributed by atoms with Crippen LogP contribution in [0.25, 0.3) is 0 Å². The lowest BCUT2D eigenvalue weighted by Crippen LogP contribution is -2.40. The third kappa shape index (κ3) is 2.50. The number of nitrogens with zero attached hydrogens (tertiary/aromatic N) is 3. The normalized spacial score (nSPS) is 18.9. The zero-order valence-corrected chi connectivity index (χ0v) is 13.7. The van der Waals surface area contributed by atoms with Crippen LogP contribution in [0.1, 0.15) is 19.8 Å². The molecule has 2 aromatic rings. The first-order valence-electron chi connectivity index (χ1n) is 8.06. The Kier molecular flexibility index (Phi) is 3.80. The molecule has 0 bridgehead atoms. The van der Waals surface area contributed by atoms with Gasteiger partial charge in [-0.15, -0.1) is 0 Å². The molecule has 1 aromatic carbocycles. The minimum atomic E-state index is 0.550. The minimum Gasteiger partial charge on any atom is -0.323 e. The van der Waals surface area contributed by atoms with Crippen LogP contribution in [0.5, 0.6) is 0 Å². The van der Waals surface area contributed by atoms with Crippen molar-refractivity contribution < 1.29 is 0 Å². The van der Waals surface area contributed by atoms with Gasteiger partial charge in [-0.05, 0) is 57.1 Å². The number of anilines is 2. The molecule has 1 atom stereocenters. The summed E-state index contributed by atoms with van der Waals surface area (Å²) in [5.74, 6) is 1.11. The zero-order valence-electron chi connectivity index (χ0n) is 12.9. The topological polar surface area (TPSA) is 19.4 Å². The van der Waals surface area contributed by atoms with Crippen molar-refractivity contribution in [3.63, 3.8) is 0 Å². The molecule has 114 valence electrons. The molecule has 0 spiro atoms. The lowest BCUT2D eigenvalue weighted by molar-refractivity contribution is 0.263. The van der Waals surface area contributed by atoms with Crippen LogP contribution in [0, 0.1) is 0 Å². The quantitative estimate of drug-likeness (QED) is 0.847. The number of likely N-dealkylation sites (tertiary alicyclic amines) is 1. The Morgan fingerprint density at radius 3 is 2.73 bits per heavy atom. The molecule has 0 N–H and O–H groups in total. The van der Waals surface area contributed by atoms with E-state index in [1.54, 1.807) is 0 Å². The van der Waals surface area contributed by atoms with Crippen molar-refractivity contribution in [2.75, 3.05) is 24.5 Å². The van der Waals surface area contributed by atoms with Gasteiger partial charge in [0.15, 0.2) is 0 Å². The zero-order chi connectivity index (χ0) is 14.9. The molecular weight excluding hydrogens is 290 g/mol. The van der Waals surface area contributed by atoms with E-state index in [4.69, 9.17) is 0 Å². The number of para-hydroxylation sites is 1. The summed E-state index contributed by atoms with van der Waals surface area (Å²) in [5, 5.41) is 0. The Balaban J connectivity index is 1.68. The molecule has 3 nitrogen and oxygen atoms in total. The maximum Gasteiger partial charge on any atom is 0.147 e. The highest BCUT2D eigenvalue weighted by molar-refractivity contribution is 7.99. The monoisotopic (exact) mass is 311 g/mol. The molecule has 4 rings (SSSR count). The van der Waals surface area contributed by atoms with E-state index in [0.29, 0.717) is 6.04 Å². The number of pyridine rings is 1. The highest BCUT2D eigenvalue weighted by Gasteiger charge is 2.27. The third-order valence-electron chi connectivity index (χ3n) is 4.59. The maximum absolute atomic E-state index is 4.67. The van der Waals surface area contributed by atoms with Crippen LogP contribution >= 0.6 is 11.8 Å². The molecule has 0 amide bonds. The van der Waals surface area contributed by atoms with Gasteiger partial charge < -0.3 is 4.90 Å². The van der Waals surface area contributed by atoms with Crippen molar-refractivity contribution in [2.24, 2.45) is 0 Å². The van der Waals surface area contributed by atoms with Crippen LogP contribution in [-0.2, 0) is 0 Å². The lowest BCUT2D eigenvalue weighted by atomic mass is 10.2. The molecule has 2 aliphatic rings. The third-order valence-corrected chi connectivity index (χ3v) is 5.70. The summed E-state index contributed by atoms with van der Waals surface area (Å²) < 4.78 is 0. The van der Waals surface area contributed by atoms with Gasteiger partial charge in [-0.25, -0.2) is 4.98 Å². The molecule has 1 aromatic heterocycles. The molecule has 22 heavy (non-hydrogen) atoms. The highest BCUT2D eigenvalue weighted by Crippen LogP contribution is 2.46. The predicted molar refractivity (Wildman–Crippen MR) is 92.1 cm³/mol. The number of hydrogen-bond donors (Lipinski definition) is 0. The van der Waals surface area contributed by atoms with E-state index in [1.165, 1.54) is 41.4 Å². The Hall–Kier alpha value is -1.52. The number of rotatable bonds is 3. The van der Waals surface area contributed by atoms with Crippen LogP contribution in [0.2, 0.25) is 0 Å². The van der Waals surface area contributed by atoms with Crippen molar-refractivity contribution in [1.82, 2.24) is 9.88 Å². The van der Waals surface area contributed by atoms with Gasteiger partial charge in [0.2, 0.25) is 0 Å². The molecule has 4 heteroatoms. The fourth-order valence-electron chi connectivity index (χ4n) is 3.41. The molecular formula is C18H21N3S. The summed E-state index contributed by atoms with van der Waals surface area (Å²) in [6, 6.07) is 13.4. The van der Waals surface area contributed by atoms with Gasteiger partial charge >= 0.3 is 0 Å². The van der Waals surface area contributed by atoms with E-state index in [1.807, 2.05) is 24.0 Å². The summed E-state index contributed by atoms with van der Waals surface area (Å²) in [5.41, 5.74) is 1.30. The summed E-state index contributed by atoms with van der Waals surface area (Å²) >= 11 is 1.83. The smallest absolute Gasteiger partial charge is 0.147 e. The number of hydrogen-bond acceptors (Lipinski definition) is 4. The van der Waals surface area contributed by atoms with Crippen molar-refractivity contribution in [1.29, 1.82) is 0 Å². The van der Waals surface area contributed by atoms with E-state index in [9.17, 15) is 0 Å². The van der Waals surface area contributed by atoms with Crippen LogP contribution in [0.3, 0.4) is 0 Å². The molecule has 3 heterocycles. The second-order valence-corrected chi connectivity index (χ2v) is 7.18. The second kappa shape index (κ2) is 5.94. The fraction of sp³-hybridized carbons (Fsp3) is 0.389. The van der Waals surface area contributed by atoms with E-state index in [0.717, 1.165) is 12.4 Å². The van der Waals surface area contributed by atoms with E-state index in [-0.39, 0.29) is 0 Å². The molecule has 1 fully saturated rings. The fourth-order valence-corrected chi connectivity index (χ4v) is 4.48. The van der Waals surface area contributed by atoms with E-state index < -0.39 is 0 Å². The van der Waals surface area contributed by atoms with Crippen LogP contribution in [0.15, 0.2) is 52.4 Å². The molecule has 0 saturated carbocycles. The van der Waals surface area contributed by atoms with Crippen LogP contribution < -0.4 is 4.90 Å². The minimum absolute atomic E-state index is 0.550. The van der Waals surface area contributed by atoms with Crippen molar-refractivity contribution in [3.05, 3.63) is 42.6 Å². The lowest BCUT2D eigenvalue weighted by Gasteiger charge is -2.35. The number of benzene rings is 1.